The Bertz CT molecular complexity index is 2080. The van der Waals surface area contributed by atoms with E-state index in [4.69, 9.17) is 11.6 Å². The zero-order chi connectivity index (χ0) is 41.1. The fourth-order valence-electron chi connectivity index (χ4n) is 6.55. The van der Waals surface area contributed by atoms with Gasteiger partial charge in [0.1, 0.15) is 0 Å². The van der Waals surface area contributed by atoms with E-state index in [0.717, 1.165) is 48.6 Å². The van der Waals surface area contributed by atoms with Crippen LogP contribution in [0.1, 0.15) is 53.4 Å². The average molecular weight is 807 g/mol. The maximum atomic E-state index is 15.6. The minimum Gasteiger partial charge on any atom is -0.396 e. The zero-order valence-corrected chi connectivity index (χ0v) is 32.4. The molecule has 0 radical (unpaired) electrons. The third-order valence-electron chi connectivity index (χ3n) is 9.78. The number of hydrogen-bond acceptors (Lipinski definition) is 7. The summed E-state index contributed by atoms with van der Waals surface area (Å²) in [5.41, 5.74) is -2.73. The van der Waals surface area contributed by atoms with Crippen LogP contribution in [0.4, 0.5) is 27.6 Å². The van der Waals surface area contributed by atoms with Gasteiger partial charge in [-0.05, 0) is 63.7 Å². The van der Waals surface area contributed by atoms with Crippen LogP contribution in [0.5, 0.6) is 0 Å². The summed E-state index contributed by atoms with van der Waals surface area (Å²) in [6.07, 6.45) is -1.41. The first-order valence-corrected chi connectivity index (χ1v) is 18.4. The molecule has 3 amide bonds. The number of amides is 3. The first-order chi connectivity index (χ1) is 26.4. The highest BCUT2D eigenvalue weighted by atomic mass is 35.5. The van der Waals surface area contributed by atoms with Gasteiger partial charge in [-0.1, -0.05) is 31.5 Å². The second-order valence-corrected chi connectivity index (χ2v) is 14.6. The second-order valence-electron chi connectivity index (χ2n) is 14.2. The highest BCUT2D eigenvalue weighted by Crippen LogP contribution is 2.39. The van der Waals surface area contributed by atoms with Gasteiger partial charge in [-0.2, -0.15) is 18.3 Å². The Kier molecular flexibility index (Phi) is 13.2. The van der Waals surface area contributed by atoms with Crippen molar-refractivity contribution in [3.8, 4) is 22.4 Å². The van der Waals surface area contributed by atoms with Crippen molar-refractivity contribution in [2.75, 3.05) is 58.7 Å². The van der Waals surface area contributed by atoms with Gasteiger partial charge in [-0.15, -0.1) is 0 Å². The maximum absolute atomic E-state index is 15.6. The Morgan fingerprint density at radius 1 is 1.00 bits per heavy atom. The van der Waals surface area contributed by atoms with Crippen molar-refractivity contribution in [3.05, 3.63) is 76.5 Å². The molecule has 302 valence electrons. The number of aliphatic hydroxyl groups is 1. The Morgan fingerprint density at radius 2 is 1.64 bits per heavy atom. The number of aromatic nitrogens is 4. The normalized spacial score (nSPS) is 14.7. The number of rotatable bonds is 13. The molecule has 12 nitrogen and oxygen atoms in total. The first kappa shape index (κ1) is 42.3. The van der Waals surface area contributed by atoms with Gasteiger partial charge >= 0.3 is 6.18 Å². The molecule has 18 heteroatoms. The predicted octanol–water partition coefficient (Wildman–Crippen LogP) is 6.04. The number of piperazine rings is 1. The first-order valence-electron chi connectivity index (χ1n) is 18.0. The third kappa shape index (κ3) is 9.22. The van der Waals surface area contributed by atoms with Crippen LogP contribution < -0.4 is 5.32 Å². The van der Waals surface area contributed by atoms with Crippen molar-refractivity contribution < 1.29 is 41.4 Å². The molecule has 0 bridgehead atoms. The number of anilines is 1. The summed E-state index contributed by atoms with van der Waals surface area (Å²) >= 11 is 6.50. The molecule has 5 rings (SSSR count). The van der Waals surface area contributed by atoms with Crippen molar-refractivity contribution in [1.82, 2.24) is 34.0 Å². The van der Waals surface area contributed by atoms with Gasteiger partial charge in [-0.25, -0.2) is 13.8 Å². The quantitative estimate of drug-likeness (QED) is 0.158. The minimum absolute atomic E-state index is 0.0406. The number of carbonyl (C=O) groups is 3. The Morgan fingerprint density at radius 3 is 2.25 bits per heavy atom. The molecule has 2 unspecified atom stereocenters. The van der Waals surface area contributed by atoms with Crippen LogP contribution in [0.3, 0.4) is 0 Å². The van der Waals surface area contributed by atoms with E-state index in [-0.39, 0.29) is 64.2 Å². The Labute approximate surface area is 325 Å². The predicted molar refractivity (Wildman–Crippen MR) is 200 cm³/mol. The topological polar surface area (TPSA) is 129 Å². The highest BCUT2D eigenvalue weighted by Gasteiger charge is 2.39. The molecule has 1 saturated heterocycles. The number of hydrogen-bond donors (Lipinski definition) is 2. The lowest BCUT2D eigenvalue weighted by molar-refractivity contribution is -0.141. The summed E-state index contributed by atoms with van der Waals surface area (Å²) in [5, 5.41) is 15.5. The molecule has 0 saturated carbocycles. The van der Waals surface area contributed by atoms with E-state index in [2.05, 4.69) is 15.4 Å². The molecular weight excluding hydrogens is 763 g/mol. The van der Waals surface area contributed by atoms with Crippen LogP contribution in [-0.2, 0) is 24.6 Å². The van der Waals surface area contributed by atoms with E-state index in [1.807, 2.05) is 25.9 Å². The van der Waals surface area contributed by atoms with Crippen LogP contribution in [0, 0.1) is 23.5 Å². The summed E-state index contributed by atoms with van der Waals surface area (Å²) in [4.78, 5) is 49.3. The van der Waals surface area contributed by atoms with Crippen LogP contribution in [0.2, 0.25) is 5.02 Å². The minimum atomic E-state index is -4.97. The Hall–Kier alpha value is -4.87. The van der Waals surface area contributed by atoms with Crippen molar-refractivity contribution >= 4 is 35.0 Å². The maximum Gasteiger partial charge on any atom is 0.435 e. The molecule has 2 aromatic carbocycles. The molecule has 0 spiro atoms. The van der Waals surface area contributed by atoms with E-state index >= 15 is 8.78 Å². The number of imidazole rings is 1. The molecule has 1 aliphatic heterocycles. The third-order valence-corrected chi connectivity index (χ3v) is 10.1. The molecule has 56 heavy (non-hydrogen) atoms. The zero-order valence-electron chi connectivity index (χ0n) is 31.6. The fraction of sp³-hybridized carbons (Fsp3) is 0.447. The monoisotopic (exact) mass is 806 g/mol. The van der Waals surface area contributed by atoms with Crippen molar-refractivity contribution in [3.63, 3.8) is 0 Å². The lowest BCUT2D eigenvalue weighted by Crippen LogP contribution is -2.52. The molecule has 3 heterocycles. The summed E-state index contributed by atoms with van der Waals surface area (Å²) in [6.45, 7) is 5.45. The van der Waals surface area contributed by atoms with Gasteiger partial charge in [0.2, 0.25) is 5.91 Å². The smallest absolute Gasteiger partial charge is 0.396 e. The van der Waals surface area contributed by atoms with Gasteiger partial charge < -0.3 is 29.7 Å². The van der Waals surface area contributed by atoms with Crippen LogP contribution in [-0.4, -0.2) is 110 Å². The molecular formula is C38H44ClF5N8O4. The molecule has 4 aromatic rings. The summed E-state index contributed by atoms with van der Waals surface area (Å²) in [5.74, 6) is -4.75. The average Bonchev–Trinajstić information content (AvgIpc) is 3.76. The van der Waals surface area contributed by atoms with Crippen molar-refractivity contribution in [2.45, 2.75) is 39.4 Å². The largest absolute Gasteiger partial charge is 0.435 e. The van der Waals surface area contributed by atoms with Gasteiger partial charge in [0.25, 0.3) is 11.8 Å². The van der Waals surface area contributed by atoms with E-state index in [1.54, 1.807) is 16.7 Å². The number of nitrogens with zero attached hydrogens (tertiary/aromatic N) is 7. The molecule has 2 aromatic heterocycles. The van der Waals surface area contributed by atoms with Gasteiger partial charge in [0.05, 0.1) is 22.5 Å². The van der Waals surface area contributed by atoms with E-state index in [0.29, 0.717) is 26.2 Å². The number of nitrogens with one attached hydrogen (secondary N) is 1. The van der Waals surface area contributed by atoms with E-state index in [9.17, 15) is 32.7 Å². The van der Waals surface area contributed by atoms with Crippen molar-refractivity contribution in [2.24, 2.45) is 18.9 Å². The number of aliphatic hydroxyl groups excluding tert-OH is 1. The lowest BCUT2D eigenvalue weighted by Gasteiger charge is -2.36. The summed E-state index contributed by atoms with van der Waals surface area (Å²) in [7, 11) is 5.31. The van der Waals surface area contributed by atoms with E-state index < -0.39 is 46.5 Å². The van der Waals surface area contributed by atoms with Crippen LogP contribution >= 0.6 is 11.6 Å². The molecule has 2 atom stereocenters. The number of halogens is 6. The van der Waals surface area contributed by atoms with Crippen LogP contribution in [0.25, 0.3) is 22.4 Å². The summed E-state index contributed by atoms with van der Waals surface area (Å²) in [6, 6.07) is 6.42. The van der Waals surface area contributed by atoms with E-state index in [1.165, 1.54) is 29.8 Å². The number of alkyl halides is 3. The van der Waals surface area contributed by atoms with Gasteiger partial charge in [0, 0.05) is 80.9 Å². The molecule has 2 N–H and O–H groups in total. The lowest BCUT2D eigenvalue weighted by atomic mass is 10.00. The van der Waals surface area contributed by atoms with Crippen molar-refractivity contribution in [1.29, 1.82) is 0 Å². The molecule has 1 fully saturated rings. The summed E-state index contributed by atoms with van der Waals surface area (Å²) < 4.78 is 74.8. The number of benzene rings is 2. The fourth-order valence-corrected chi connectivity index (χ4v) is 6.81. The molecule has 1 aliphatic rings. The SMILES string of the molecule is CCC(CCN(C)C)C(=O)N1CCN(C(=O)c2ccc(NC(=O)c3ncc(-c4ccc(-c5cn(CC(C)CO)nc5C(F)(F)F)c(F)c4F)n3C)cc2Cl)CC1. The second kappa shape index (κ2) is 17.5. The number of carbonyl (C=O) groups excluding carboxylic acids is 3. The van der Waals surface area contributed by atoms with Gasteiger partial charge in [-0.3, -0.25) is 19.1 Å². The van der Waals surface area contributed by atoms with Gasteiger partial charge in [0.15, 0.2) is 23.2 Å². The standard InChI is InChI=1S/C38H44ClF5N8O4/c1-6-23(11-12-48(3)4)36(55)50-13-15-51(16-14-50)37(56)26-8-7-24(17-29(26)39)46-35(54)34-45-18-30(49(34)5)27-10-9-25(31(40)32(27)41)28-20-52(19-22(2)21-53)47-33(28)38(42,43)44/h7-10,17-18,20,22-23,53H,6,11-16,19,21H2,1-5H3,(H,46,54). The van der Waals surface area contributed by atoms with Crippen LogP contribution in [0.15, 0.2) is 42.7 Å². The highest BCUT2D eigenvalue weighted by molar-refractivity contribution is 6.34. The Balaban J connectivity index is 1.27. The molecule has 0 aliphatic carbocycles.